The molecule has 0 bridgehead atoms. The quantitative estimate of drug-likeness (QED) is 0.806. The van der Waals surface area contributed by atoms with Crippen LogP contribution in [0, 0.1) is 0 Å². The minimum atomic E-state index is -0.246. The van der Waals surface area contributed by atoms with Crippen LogP contribution in [0.5, 0.6) is 5.75 Å². The first-order valence-corrected chi connectivity index (χ1v) is 7.18. The fraction of sp³-hybridized carbons (Fsp3) is 0.562. The van der Waals surface area contributed by atoms with E-state index in [0.717, 1.165) is 17.7 Å². The molecule has 0 heterocycles. The SMILES string of the molecule is CCC(C)NC(=O)C(C)N[C@H](C)c1ccccc1OC. The van der Waals surface area contributed by atoms with Crippen molar-refractivity contribution in [2.45, 2.75) is 52.2 Å². The predicted octanol–water partition coefficient (Wildman–Crippen LogP) is 2.65. The first-order valence-electron chi connectivity index (χ1n) is 7.18. The molecule has 0 aliphatic heterocycles. The Morgan fingerprint density at radius 1 is 1.25 bits per heavy atom. The number of hydrogen-bond donors (Lipinski definition) is 2. The van der Waals surface area contributed by atoms with Crippen molar-refractivity contribution in [1.82, 2.24) is 10.6 Å². The Morgan fingerprint density at radius 3 is 2.50 bits per heavy atom. The molecule has 0 spiro atoms. The second-order valence-electron chi connectivity index (χ2n) is 5.17. The lowest BCUT2D eigenvalue weighted by atomic mass is 10.1. The Hall–Kier alpha value is -1.55. The zero-order chi connectivity index (χ0) is 15.1. The van der Waals surface area contributed by atoms with Gasteiger partial charge in [-0.15, -0.1) is 0 Å². The van der Waals surface area contributed by atoms with Crippen LogP contribution in [0.15, 0.2) is 24.3 Å². The number of ether oxygens (including phenoxy) is 1. The summed E-state index contributed by atoms with van der Waals surface area (Å²) in [5.74, 6) is 0.864. The van der Waals surface area contributed by atoms with Crippen LogP contribution >= 0.6 is 0 Å². The smallest absolute Gasteiger partial charge is 0.237 e. The van der Waals surface area contributed by atoms with E-state index in [1.807, 2.05) is 45.0 Å². The molecular weight excluding hydrogens is 252 g/mol. The molecule has 0 fully saturated rings. The van der Waals surface area contributed by atoms with Crippen LogP contribution in [0.3, 0.4) is 0 Å². The molecular formula is C16H26N2O2. The van der Waals surface area contributed by atoms with Crippen molar-refractivity contribution in [2.75, 3.05) is 7.11 Å². The van der Waals surface area contributed by atoms with Gasteiger partial charge in [0.15, 0.2) is 0 Å². The van der Waals surface area contributed by atoms with Crippen LogP contribution in [-0.4, -0.2) is 25.1 Å². The maximum atomic E-state index is 12.0. The molecule has 0 aromatic heterocycles. The van der Waals surface area contributed by atoms with Crippen LogP contribution in [0.1, 0.15) is 45.7 Å². The molecule has 0 radical (unpaired) electrons. The number of carbonyl (C=O) groups is 1. The number of carbonyl (C=O) groups excluding carboxylic acids is 1. The van der Waals surface area contributed by atoms with Crippen molar-refractivity contribution in [2.24, 2.45) is 0 Å². The van der Waals surface area contributed by atoms with E-state index in [1.165, 1.54) is 0 Å². The van der Waals surface area contributed by atoms with E-state index in [1.54, 1.807) is 7.11 Å². The lowest BCUT2D eigenvalue weighted by molar-refractivity contribution is -0.123. The number of methoxy groups -OCH3 is 1. The summed E-state index contributed by atoms with van der Waals surface area (Å²) in [7, 11) is 1.66. The molecule has 20 heavy (non-hydrogen) atoms. The molecule has 1 aromatic carbocycles. The van der Waals surface area contributed by atoms with Gasteiger partial charge in [0.2, 0.25) is 5.91 Å². The Bertz CT molecular complexity index is 434. The summed E-state index contributed by atoms with van der Waals surface area (Å²) in [6, 6.07) is 7.85. The highest BCUT2D eigenvalue weighted by atomic mass is 16.5. The van der Waals surface area contributed by atoms with Crippen molar-refractivity contribution in [3.63, 3.8) is 0 Å². The summed E-state index contributed by atoms with van der Waals surface area (Å²) < 4.78 is 5.35. The first-order chi connectivity index (χ1) is 9.49. The second-order valence-corrected chi connectivity index (χ2v) is 5.17. The van der Waals surface area contributed by atoms with Crippen LogP contribution in [0.2, 0.25) is 0 Å². The van der Waals surface area contributed by atoms with Gasteiger partial charge in [-0.2, -0.15) is 0 Å². The Morgan fingerprint density at radius 2 is 1.90 bits per heavy atom. The van der Waals surface area contributed by atoms with Crippen molar-refractivity contribution >= 4 is 5.91 Å². The fourth-order valence-corrected chi connectivity index (χ4v) is 2.03. The molecule has 112 valence electrons. The summed E-state index contributed by atoms with van der Waals surface area (Å²) in [6.07, 6.45) is 0.931. The second kappa shape index (κ2) is 7.90. The van der Waals surface area contributed by atoms with E-state index in [9.17, 15) is 4.79 Å². The van der Waals surface area contributed by atoms with E-state index in [4.69, 9.17) is 4.74 Å². The first kappa shape index (κ1) is 16.5. The van der Waals surface area contributed by atoms with Gasteiger partial charge in [-0.25, -0.2) is 0 Å². The van der Waals surface area contributed by atoms with Crippen molar-refractivity contribution in [3.05, 3.63) is 29.8 Å². The minimum Gasteiger partial charge on any atom is -0.496 e. The molecule has 1 amide bonds. The van der Waals surface area contributed by atoms with Crippen LogP contribution in [0.4, 0.5) is 0 Å². The average molecular weight is 278 g/mol. The average Bonchev–Trinajstić information content (AvgIpc) is 2.46. The largest absolute Gasteiger partial charge is 0.496 e. The highest BCUT2D eigenvalue weighted by molar-refractivity contribution is 5.81. The van der Waals surface area contributed by atoms with Gasteiger partial charge < -0.3 is 10.1 Å². The fourth-order valence-electron chi connectivity index (χ4n) is 2.03. The highest BCUT2D eigenvalue weighted by Gasteiger charge is 2.19. The summed E-state index contributed by atoms with van der Waals surface area (Å²) in [6.45, 7) is 7.98. The molecule has 1 aromatic rings. The van der Waals surface area contributed by atoms with Gasteiger partial charge in [0.1, 0.15) is 5.75 Å². The minimum absolute atomic E-state index is 0.0288. The van der Waals surface area contributed by atoms with Gasteiger partial charge in [-0.1, -0.05) is 25.1 Å². The van der Waals surface area contributed by atoms with Gasteiger partial charge in [-0.3, -0.25) is 10.1 Å². The van der Waals surface area contributed by atoms with Gasteiger partial charge in [0.05, 0.1) is 13.2 Å². The van der Waals surface area contributed by atoms with Gasteiger partial charge >= 0.3 is 0 Å². The topological polar surface area (TPSA) is 50.4 Å². The number of hydrogen-bond acceptors (Lipinski definition) is 3. The van der Waals surface area contributed by atoms with Crippen LogP contribution < -0.4 is 15.4 Å². The molecule has 1 rings (SSSR count). The molecule has 2 unspecified atom stereocenters. The van der Waals surface area contributed by atoms with E-state index in [-0.39, 0.29) is 24.0 Å². The molecule has 3 atom stereocenters. The normalized spacial score (nSPS) is 15.2. The van der Waals surface area contributed by atoms with Crippen LogP contribution in [0.25, 0.3) is 0 Å². The number of amides is 1. The maximum Gasteiger partial charge on any atom is 0.237 e. The summed E-state index contributed by atoms with van der Waals surface area (Å²) in [5, 5.41) is 6.29. The van der Waals surface area contributed by atoms with E-state index in [2.05, 4.69) is 17.6 Å². The van der Waals surface area contributed by atoms with Gasteiger partial charge in [0, 0.05) is 17.6 Å². The Kier molecular flexibility index (Phi) is 6.52. The number of para-hydroxylation sites is 1. The van der Waals surface area contributed by atoms with Crippen molar-refractivity contribution < 1.29 is 9.53 Å². The third-order valence-electron chi connectivity index (χ3n) is 3.50. The summed E-state index contributed by atoms with van der Waals surface area (Å²) >= 11 is 0. The molecule has 0 saturated carbocycles. The predicted molar refractivity (Wildman–Crippen MR) is 81.9 cm³/mol. The zero-order valence-corrected chi connectivity index (χ0v) is 13.1. The molecule has 0 aliphatic rings. The molecule has 4 nitrogen and oxygen atoms in total. The summed E-state index contributed by atoms with van der Waals surface area (Å²) in [5.41, 5.74) is 1.05. The molecule has 2 N–H and O–H groups in total. The summed E-state index contributed by atoms with van der Waals surface area (Å²) in [4.78, 5) is 12.0. The van der Waals surface area contributed by atoms with E-state index >= 15 is 0 Å². The third kappa shape index (κ3) is 4.53. The molecule has 0 aliphatic carbocycles. The molecule has 0 saturated heterocycles. The van der Waals surface area contributed by atoms with Crippen molar-refractivity contribution in [1.29, 1.82) is 0 Å². The Balaban J connectivity index is 2.65. The van der Waals surface area contributed by atoms with Crippen molar-refractivity contribution in [3.8, 4) is 5.75 Å². The highest BCUT2D eigenvalue weighted by Crippen LogP contribution is 2.24. The monoisotopic (exact) mass is 278 g/mol. The molecule has 4 heteroatoms. The zero-order valence-electron chi connectivity index (χ0n) is 13.1. The number of rotatable bonds is 7. The lowest BCUT2D eigenvalue weighted by Crippen LogP contribution is -2.46. The van der Waals surface area contributed by atoms with E-state index < -0.39 is 0 Å². The van der Waals surface area contributed by atoms with Gasteiger partial charge in [0.25, 0.3) is 0 Å². The lowest BCUT2D eigenvalue weighted by Gasteiger charge is -2.22. The Labute approximate surface area is 121 Å². The van der Waals surface area contributed by atoms with E-state index in [0.29, 0.717) is 0 Å². The maximum absolute atomic E-state index is 12.0. The van der Waals surface area contributed by atoms with Gasteiger partial charge in [-0.05, 0) is 33.3 Å². The number of nitrogens with one attached hydrogen (secondary N) is 2. The standard InChI is InChI=1S/C16H26N2O2/c1-6-11(2)17-16(19)13(4)18-12(3)14-9-7-8-10-15(14)20-5/h7-13,18H,6H2,1-5H3,(H,17,19)/t11?,12-,13?/m1/s1. The van der Waals surface area contributed by atoms with Crippen LogP contribution in [-0.2, 0) is 4.79 Å². The third-order valence-corrected chi connectivity index (χ3v) is 3.50. The number of benzene rings is 1.